The fourth-order valence-electron chi connectivity index (χ4n) is 4.45. The second-order valence-corrected chi connectivity index (χ2v) is 6.48. The SMILES string of the molecule is CNCC1CCCN1C1CCOC2(CCCC2)C1. The molecule has 3 rings (SSSR count). The van der Waals surface area contributed by atoms with Crippen LogP contribution < -0.4 is 5.32 Å². The lowest BCUT2D eigenvalue weighted by molar-refractivity contribution is -0.103. The Kier molecular flexibility index (Phi) is 3.92. The average Bonchev–Trinajstić information content (AvgIpc) is 3.00. The van der Waals surface area contributed by atoms with Crippen molar-refractivity contribution in [2.24, 2.45) is 0 Å². The molecule has 1 N–H and O–H groups in total. The van der Waals surface area contributed by atoms with Crippen LogP contribution in [0.15, 0.2) is 0 Å². The number of rotatable bonds is 3. The summed E-state index contributed by atoms with van der Waals surface area (Å²) < 4.78 is 6.17. The summed E-state index contributed by atoms with van der Waals surface area (Å²) >= 11 is 0. The van der Waals surface area contributed by atoms with Gasteiger partial charge in [-0.25, -0.2) is 0 Å². The molecule has 18 heavy (non-hydrogen) atoms. The third-order valence-electron chi connectivity index (χ3n) is 5.31. The Morgan fingerprint density at radius 1 is 1.22 bits per heavy atom. The van der Waals surface area contributed by atoms with Crippen LogP contribution in [0, 0.1) is 0 Å². The van der Waals surface area contributed by atoms with Crippen LogP contribution in [0.4, 0.5) is 0 Å². The van der Waals surface area contributed by atoms with E-state index >= 15 is 0 Å². The number of nitrogens with zero attached hydrogens (tertiary/aromatic N) is 1. The van der Waals surface area contributed by atoms with Gasteiger partial charge >= 0.3 is 0 Å². The van der Waals surface area contributed by atoms with Gasteiger partial charge in [-0.3, -0.25) is 4.90 Å². The molecular weight excluding hydrogens is 224 g/mol. The maximum absolute atomic E-state index is 6.17. The van der Waals surface area contributed by atoms with Crippen molar-refractivity contribution in [1.82, 2.24) is 10.2 Å². The molecule has 2 heterocycles. The summed E-state index contributed by atoms with van der Waals surface area (Å²) in [6.07, 6.45) is 10.7. The van der Waals surface area contributed by atoms with Crippen LogP contribution in [0.25, 0.3) is 0 Å². The molecule has 2 unspecified atom stereocenters. The minimum Gasteiger partial charge on any atom is -0.375 e. The lowest BCUT2D eigenvalue weighted by Crippen LogP contribution is -2.50. The van der Waals surface area contributed by atoms with Gasteiger partial charge in [-0.2, -0.15) is 0 Å². The zero-order valence-electron chi connectivity index (χ0n) is 11.8. The Bertz CT molecular complexity index is 276. The highest BCUT2D eigenvalue weighted by atomic mass is 16.5. The quantitative estimate of drug-likeness (QED) is 0.833. The minimum atomic E-state index is 0.274. The van der Waals surface area contributed by atoms with E-state index in [4.69, 9.17) is 4.74 Å². The summed E-state index contributed by atoms with van der Waals surface area (Å²) in [5.41, 5.74) is 0.274. The maximum Gasteiger partial charge on any atom is 0.0697 e. The van der Waals surface area contributed by atoms with Crippen molar-refractivity contribution in [1.29, 1.82) is 0 Å². The van der Waals surface area contributed by atoms with E-state index in [0.717, 1.165) is 25.2 Å². The Morgan fingerprint density at radius 3 is 2.83 bits per heavy atom. The van der Waals surface area contributed by atoms with Crippen LogP contribution in [-0.2, 0) is 4.74 Å². The van der Waals surface area contributed by atoms with E-state index in [1.165, 1.54) is 57.9 Å². The van der Waals surface area contributed by atoms with E-state index in [1.807, 2.05) is 0 Å². The Hall–Kier alpha value is -0.120. The van der Waals surface area contributed by atoms with E-state index in [9.17, 15) is 0 Å². The molecule has 3 heteroatoms. The van der Waals surface area contributed by atoms with Gasteiger partial charge in [0.1, 0.15) is 0 Å². The highest BCUT2D eigenvalue weighted by Gasteiger charge is 2.43. The van der Waals surface area contributed by atoms with Crippen LogP contribution in [0.3, 0.4) is 0 Å². The molecule has 2 aliphatic heterocycles. The molecule has 0 radical (unpaired) electrons. The van der Waals surface area contributed by atoms with E-state index in [0.29, 0.717) is 0 Å². The predicted octanol–water partition coefficient (Wildman–Crippen LogP) is 2.16. The van der Waals surface area contributed by atoms with E-state index in [2.05, 4.69) is 17.3 Å². The first-order valence-corrected chi connectivity index (χ1v) is 7.87. The molecule has 1 aliphatic carbocycles. The smallest absolute Gasteiger partial charge is 0.0697 e. The highest BCUT2D eigenvalue weighted by molar-refractivity contribution is 4.96. The van der Waals surface area contributed by atoms with Gasteiger partial charge in [0.25, 0.3) is 0 Å². The molecule has 0 aromatic carbocycles. The lowest BCUT2D eigenvalue weighted by Gasteiger charge is -2.43. The van der Waals surface area contributed by atoms with Gasteiger partial charge in [-0.05, 0) is 52.1 Å². The summed E-state index contributed by atoms with van der Waals surface area (Å²) in [5, 5.41) is 3.37. The van der Waals surface area contributed by atoms with E-state index < -0.39 is 0 Å². The van der Waals surface area contributed by atoms with Crippen LogP contribution in [-0.4, -0.2) is 49.3 Å². The van der Waals surface area contributed by atoms with Gasteiger partial charge in [0.15, 0.2) is 0 Å². The molecule has 2 atom stereocenters. The van der Waals surface area contributed by atoms with Gasteiger partial charge < -0.3 is 10.1 Å². The number of ether oxygens (including phenoxy) is 1. The molecule has 0 bridgehead atoms. The van der Waals surface area contributed by atoms with Crippen molar-refractivity contribution < 1.29 is 4.74 Å². The predicted molar refractivity (Wildman–Crippen MR) is 73.8 cm³/mol. The van der Waals surface area contributed by atoms with Crippen molar-refractivity contribution in [2.75, 3.05) is 26.7 Å². The lowest BCUT2D eigenvalue weighted by atomic mass is 9.88. The summed E-state index contributed by atoms with van der Waals surface area (Å²) in [6, 6.07) is 1.56. The summed E-state index contributed by atoms with van der Waals surface area (Å²) in [4.78, 5) is 2.79. The largest absolute Gasteiger partial charge is 0.375 e. The van der Waals surface area contributed by atoms with Gasteiger partial charge in [0.2, 0.25) is 0 Å². The monoisotopic (exact) mass is 252 g/mol. The van der Waals surface area contributed by atoms with Crippen LogP contribution in [0.5, 0.6) is 0 Å². The van der Waals surface area contributed by atoms with Crippen molar-refractivity contribution in [3.63, 3.8) is 0 Å². The zero-order valence-corrected chi connectivity index (χ0v) is 11.8. The number of likely N-dealkylation sites (tertiary alicyclic amines) is 1. The number of hydrogen-bond donors (Lipinski definition) is 1. The molecule has 0 aromatic heterocycles. The first-order valence-electron chi connectivity index (χ1n) is 7.87. The highest BCUT2D eigenvalue weighted by Crippen LogP contribution is 2.42. The Labute approximate surface area is 111 Å². The van der Waals surface area contributed by atoms with Crippen molar-refractivity contribution in [3.8, 4) is 0 Å². The minimum absolute atomic E-state index is 0.274. The van der Waals surface area contributed by atoms with Crippen molar-refractivity contribution >= 4 is 0 Å². The van der Waals surface area contributed by atoms with Gasteiger partial charge in [0, 0.05) is 25.2 Å². The first kappa shape index (κ1) is 12.9. The summed E-state index contributed by atoms with van der Waals surface area (Å²) in [6.45, 7) is 3.46. The van der Waals surface area contributed by atoms with Crippen LogP contribution in [0.1, 0.15) is 51.4 Å². The molecular formula is C15H28N2O. The Balaban J connectivity index is 1.64. The molecule has 0 amide bonds. The third-order valence-corrected chi connectivity index (χ3v) is 5.31. The standard InChI is InChI=1S/C15H28N2O/c1-16-12-14-5-4-9-17(14)13-6-10-18-15(11-13)7-2-3-8-15/h13-14,16H,2-12H2,1H3. The molecule has 3 fully saturated rings. The Morgan fingerprint density at radius 2 is 2.06 bits per heavy atom. The zero-order chi connectivity index (χ0) is 12.4. The molecule has 3 nitrogen and oxygen atoms in total. The van der Waals surface area contributed by atoms with E-state index in [1.54, 1.807) is 0 Å². The number of likely N-dealkylation sites (N-methyl/N-ethyl adjacent to an activating group) is 1. The molecule has 1 spiro atoms. The van der Waals surface area contributed by atoms with Crippen LogP contribution in [0.2, 0.25) is 0 Å². The number of hydrogen-bond acceptors (Lipinski definition) is 3. The van der Waals surface area contributed by atoms with E-state index in [-0.39, 0.29) is 5.60 Å². The number of nitrogens with one attached hydrogen (secondary N) is 1. The van der Waals surface area contributed by atoms with Crippen LogP contribution >= 0.6 is 0 Å². The van der Waals surface area contributed by atoms with Crippen molar-refractivity contribution in [3.05, 3.63) is 0 Å². The third kappa shape index (κ3) is 2.45. The topological polar surface area (TPSA) is 24.5 Å². The molecule has 3 aliphatic rings. The molecule has 2 saturated heterocycles. The fourth-order valence-corrected chi connectivity index (χ4v) is 4.45. The molecule has 1 saturated carbocycles. The molecule has 104 valence electrons. The fraction of sp³-hybridized carbons (Fsp3) is 1.00. The van der Waals surface area contributed by atoms with Crippen molar-refractivity contribution in [2.45, 2.75) is 69.1 Å². The van der Waals surface area contributed by atoms with Gasteiger partial charge in [-0.15, -0.1) is 0 Å². The second kappa shape index (κ2) is 5.48. The molecule has 0 aromatic rings. The normalized spacial score (nSPS) is 36.5. The second-order valence-electron chi connectivity index (χ2n) is 6.48. The first-order chi connectivity index (χ1) is 8.83. The summed E-state index contributed by atoms with van der Waals surface area (Å²) in [5.74, 6) is 0. The average molecular weight is 252 g/mol. The van der Waals surface area contributed by atoms with Gasteiger partial charge in [-0.1, -0.05) is 12.8 Å². The van der Waals surface area contributed by atoms with Gasteiger partial charge in [0.05, 0.1) is 5.60 Å². The maximum atomic E-state index is 6.17. The summed E-state index contributed by atoms with van der Waals surface area (Å²) in [7, 11) is 2.08.